The van der Waals surface area contributed by atoms with E-state index in [4.69, 9.17) is 0 Å². The minimum atomic E-state index is -0.226. The average Bonchev–Trinajstić information content (AvgIpc) is 2.47. The molecule has 0 bridgehead atoms. The second-order valence-corrected chi connectivity index (χ2v) is 7.79. The summed E-state index contributed by atoms with van der Waals surface area (Å²) in [5, 5.41) is 3.29. The Bertz CT molecular complexity index is 775. The van der Waals surface area contributed by atoms with Crippen LogP contribution in [-0.2, 0) is 0 Å². The summed E-state index contributed by atoms with van der Waals surface area (Å²) >= 11 is 3.64. The Labute approximate surface area is 151 Å². The van der Waals surface area contributed by atoms with Crippen molar-refractivity contribution in [2.24, 2.45) is 0 Å². The van der Waals surface area contributed by atoms with Crippen molar-refractivity contribution >= 4 is 32.9 Å². The fourth-order valence-electron chi connectivity index (χ4n) is 3.42. The van der Waals surface area contributed by atoms with Crippen LogP contribution in [0.25, 0.3) is 5.57 Å². The van der Waals surface area contributed by atoms with E-state index in [9.17, 15) is 4.39 Å². The van der Waals surface area contributed by atoms with Gasteiger partial charge in [0.2, 0.25) is 0 Å². The van der Waals surface area contributed by atoms with E-state index in [1.807, 2.05) is 32.1 Å². The van der Waals surface area contributed by atoms with Gasteiger partial charge < -0.3 is 15.1 Å². The van der Waals surface area contributed by atoms with Gasteiger partial charge in [-0.25, -0.2) is 4.39 Å². The number of benzene rings is 1. The monoisotopic (exact) mass is 391 g/mol. The van der Waals surface area contributed by atoms with Gasteiger partial charge in [-0.2, -0.15) is 0 Å². The number of allylic oxidation sites excluding steroid dienone is 3. The van der Waals surface area contributed by atoms with Gasteiger partial charge in [-0.05, 0) is 54.0 Å². The molecule has 3 rings (SSSR count). The van der Waals surface area contributed by atoms with E-state index in [0.29, 0.717) is 5.69 Å². The van der Waals surface area contributed by atoms with Crippen LogP contribution in [0.5, 0.6) is 0 Å². The van der Waals surface area contributed by atoms with Crippen molar-refractivity contribution in [2.75, 3.05) is 37.0 Å². The lowest BCUT2D eigenvalue weighted by Crippen LogP contribution is -2.67. The molecule has 1 N–H and O–H groups in total. The van der Waals surface area contributed by atoms with Gasteiger partial charge in [0.05, 0.1) is 21.4 Å². The van der Waals surface area contributed by atoms with Crippen LogP contribution in [-0.4, -0.2) is 32.7 Å². The smallest absolute Gasteiger partial charge is 0.148 e. The number of nitrogens with zero attached hydrogens (tertiary/aromatic N) is 2. The van der Waals surface area contributed by atoms with Gasteiger partial charge in [0, 0.05) is 37.5 Å². The predicted molar refractivity (Wildman–Crippen MR) is 104 cm³/mol. The van der Waals surface area contributed by atoms with Crippen molar-refractivity contribution in [3.8, 4) is 0 Å². The molecule has 0 spiro atoms. The molecule has 0 atom stereocenters. The van der Waals surface area contributed by atoms with Crippen molar-refractivity contribution in [1.82, 2.24) is 5.32 Å². The zero-order valence-corrected chi connectivity index (χ0v) is 16.2. The first-order valence-corrected chi connectivity index (χ1v) is 8.74. The summed E-state index contributed by atoms with van der Waals surface area (Å²) in [7, 11) is 3.91. The van der Waals surface area contributed by atoms with E-state index in [2.05, 4.69) is 46.2 Å². The molecule has 128 valence electrons. The molecule has 2 heterocycles. The van der Waals surface area contributed by atoms with Crippen molar-refractivity contribution in [1.29, 1.82) is 0 Å². The normalized spacial score (nSPS) is 18.9. The molecule has 5 heteroatoms. The topological polar surface area (TPSA) is 18.5 Å². The molecule has 3 nitrogen and oxygen atoms in total. The third-order valence-electron chi connectivity index (χ3n) is 4.95. The number of nitrogens with one attached hydrogen (secondary N) is 1. The fraction of sp³-hybridized carbons (Fsp3) is 0.368. The molecule has 2 aliphatic rings. The highest BCUT2D eigenvalue weighted by Crippen LogP contribution is 2.48. The summed E-state index contributed by atoms with van der Waals surface area (Å²) in [4.78, 5) is 4.07. The lowest BCUT2D eigenvalue weighted by Gasteiger charge is -2.50. The van der Waals surface area contributed by atoms with Crippen LogP contribution in [0, 0.1) is 5.82 Å². The molecule has 1 fully saturated rings. The Morgan fingerprint density at radius 3 is 2.54 bits per heavy atom. The Morgan fingerprint density at radius 1 is 1.38 bits per heavy atom. The number of anilines is 2. The maximum Gasteiger partial charge on any atom is 0.148 e. The van der Waals surface area contributed by atoms with Crippen LogP contribution in [0.3, 0.4) is 0 Å². The van der Waals surface area contributed by atoms with Crippen molar-refractivity contribution in [3.63, 3.8) is 0 Å². The Morgan fingerprint density at radius 2 is 2.00 bits per heavy atom. The molecular formula is C19H23BrFN3. The summed E-state index contributed by atoms with van der Waals surface area (Å²) in [5.74, 6) is -0.226. The van der Waals surface area contributed by atoms with Crippen LogP contribution in [0.1, 0.15) is 19.4 Å². The van der Waals surface area contributed by atoms with Crippen LogP contribution < -0.4 is 15.1 Å². The molecule has 0 aliphatic carbocycles. The molecular weight excluding hydrogens is 369 g/mol. The van der Waals surface area contributed by atoms with E-state index >= 15 is 0 Å². The van der Waals surface area contributed by atoms with Gasteiger partial charge >= 0.3 is 0 Å². The summed E-state index contributed by atoms with van der Waals surface area (Å²) < 4.78 is 15.7. The maximum atomic E-state index is 14.9. The Kier molecular flexibility index (Phi) is 4.12. The molecule has 2 aliphatic heterocycles. The van der Waals surface area contributed by atoms with Crippen LogP contribution in [0.15, 0.2) is 41.0 Å². The third kappa shape index (κ3) is 2.50. The molecule has 1 aromatic rings. The maximum absolute atomic E-state index is 14.9. The highest BCUT2D eigenvalue weighted by molar-refractivity contribution is 9.10. The van der Waals surface area contributed by atoms with Crippen molar-refractivity contribution < 1.29 is 4.39 Å². The van der Waals surface area contributed by atoms with Gasteiger partial charge in [-0.15, -0.1) is 0 Å². The van der Waals surface area contributed by atoms with Gasteiger partial charge in [0.1, 0.15) is 5.82 Å². The first kappa shape index (κ1) is 17.2. The Hall–Kier alpha value is -1.59. The largest absolute Gasteiger partial charge is 0.364 e. The molecule has 0 saturated carbocycles. The quantitative estimate of drug-likeness (QED) is 0.827. The zero-order chi connectivity index (χ0) is 17.8. The Balaban J connectivity index is 2.07. The third-order valence-corrected chi connectivity index (χ3v) is 5.70. The molecule has 1 saturated heterocycles. The lowest BCUT2D eigenvalue weighted by atomic mass is 9.89. The van der Waals surface area contributed by atoms with E-state index in [1.54, 1.807) is 6.07 Å². The highest BCUT2D eigenvalue weighted by Gasteiger charge is 2.40. The molecule has 1 aromatic carbocycles. The van der Waals surface area contributed by atoms with Gasteiger partial charge in [-0.1, -0.05) is 13.2 Å². The van der Waals surface area contributed by atoms with E-state index in [-0.39, 0.29) is 11.4 Å². The lowest BCUT2D eigenvalue weighted by molar-refractivity contribution is 0.300. The molecule has 0 unspecified atom stereocenters. The van der Waals surface area contributed by atoms with Gasteiger partial charge in [0.25, 0.3) is 0 Å². The number of halogens is 2. The second-order valence-electron chi connectivity index (χ2n) is 7.00. The summed E-state index contributed by atoms with van der Waals surface area (Å²) in [5.41, 5.74) is 5.09. The van der Waals surface area contributed by atoms with Crippen LogP contribution in [0.2, 0.25) is 0 Å². The number of hydrogen-bond acceptors (Lipinski definition) is 3. The first-order chi connectivity index (χ1) is 11.2. The minimum absolute atomic E-state index is 0.0321. The zero-order valence-electron chi connectivity index (χ0n) is 14.6. The fourth-order valence-corrected chi connectivity index (χ4v) is 4.36. The van der Waals surface area contributed by atoms with Crippen molar-refractivity contribution in [2.45, 2.75) is 19.4 Å². The van der Waals surface area contributed by atoms with Crippen LogP contribution >= 0.6 is 15.9 Å². The van der Waals surface area contributed by atoms with E-state index in [1.165, 1.54) is 0 Å². The minimum Gasteiger partial charge on any atom is -0.364 e. The summed E-state index contributed by atoms with van der Waals surface area (Å²) in [6, 6.07) is 1.60. The molecule has 0 radical (unpaired) electrons. The molecule has 0 aromatic heterocycles. The predicted octanol–water partition coefficient (Wildman–Crippen LogP) is 4.31. The van der Waals surface area contributed by atoms with Gasteiger partial charge in [0.15, 0.2) is 0 Å². The number of rotatable bonds is 3. The highest BCUT2D eigenvalue weighted by atomic mass is 79.9. The number of hydrogen-bond donors (Lipinski definition) is 1. The van der Waals surface area contributed by atoms with E-state index < -0.39 is 0 Å². The summed E-state index contributed by atoms with van der Waals surface area (Å²) in [6.45, 7) is 13.8. The molecule has 24 heavy (non-hydrogen) atoms. The standard InChI is InChI=1S/C19H23BrFN3/c1-11(2)14-8-23(6)17-13(12(14)3)7-15(21)18(16(17)20)24-9-19(4,10-24)22-5/h7-8,22H,1,3,9-10H2,2,4-6H3. The average molecular weight is 392 g/mol. The molecule has 0 amide bonds. The van der Waals surface area contributed by atoms with Crippen LogP contribution in [0.4, 0.5) is 15.8 Å². The number of likely N-dealkylation sites (N-methyl/N-ethyl adjacent to an activating group) is 1. The summed E-state index contributed by atoms with van der Waals surface area (Å²) in [6.07, 6.45) is 2.01. The second kappa shape index (κ2) is 5.74. The van der Waals surface area contributed by atoms with Gasteiger partial charge in [-0.3, -0.25) is 0 Å². The van der Waals surface area contributed by atoms with E-state index in [0.717, 1.165) is 45.5 Å². The SMILES string of the molecule is C=C(C)C1=CN(C)c2c(cc(F)c(N3CC(C)(NC)C3)c2Br)C1=C. The first-order valence-electron chi connectivity index (χ1n) is 7.94. The number of fused-ring (bicyclic) bond motifs is 1. The van der Waals surface area contributed by atoms with Crippen molar-refractivity contribution in [3.05, 3.63) is 52.4 Å².